The predicted molar refractivity (Wildman–Crippen MR) is 76.5 cm³/mol. The third kappa shape index (κ3) is 3.88. The number of anilines is 1. The van der Waals surface area contributed by atoms with Gasteiger partial charge in [0.1, 0.15) is 11.8 Å². The zero-order chi connectivity index (χ0) is 13.7. The van der Waals surface area contributed by atoms with Gasteiger partial charge >= 0.3 is 0 Å². The Morgan fingerprint density at radius 1 is 1.26 bits per heavy atom. The van der Waals surface area contributed by atoms with Crippen molar-refractivity contribution in [3.8, 4) is 5.75 Å². The SMILES string of the molecule is COc1ccc(N[C@@H](C)C(=O)NC2CCCC2)cc1. The second-order valence-corrected chi connectivity index (χ2v) is 5.08. The number of hydrogen-bond donors (Lipinski definition) is 2. The van der Waals surface area contributed by atoms with E-state index in [0.29, 0.717) is 6.04 Å². The highest BCUT2D eigenvalue weighted by Gasteiger charge is 2.20. The van der Waals surface area contributed by atoms with Gasteiger partial charge in [-0.15, -0.1) is 0 Å². The second kappa shape index (κ2) is 6.45. The number of rotatable bonds is 5. The first-order valence-corrected chi connectivity index (χ1v) is 6.90. The lowest BCUT2D eigenvalue weighted by atomic mass is 10.2. The molecule has 1 aliphatic rings. The molecule has 1 aromatic carbocycles. The molecule has 0 radical (unpaired) electrons. The molecule has 2 N–H and O–H groups in total. The summed E-state index contributed by atoms with van der Waals surface area (Å²) in [6.45, 7) is 1.88. The molecule has 1 aromatic rings. The monoisotopic (exact) mass is 262 g/mol. The maximum atomic E-state index is 12.0. The Morgan fingerprint density at radius 2 is 1.89 bits per heavy atom. The average Bonchev–Trinajstić information content (AvgIpc) is 2.92. The number of amides is 1. The van der Waals surface area contributed by atoms with E-state index in [1.165, 1.54) is 12.8 Å². The molecule has 1 fully saturated rings. The standard InChI is InChI=1S/C15H22N2O2/c1-11(15(18)17-12-5-3-4-6-12)16-13-7-9-14(19-2)10-8-13/h7-12,16H,3-6H2,1-2H3,(H,17,18)/t11-/m0/s1. The van der Waals surface area contributed by atoms with Crippen molar-refractivity contribution in [2.75, 3.05) is 12.4 Å². The van der Waals surface area contributed by atoms with Gasteiger partial charge in [-0.3, -0.25) is 4.79 Å². The summed E-state index contributed by atoms with van der Waals surface area (Å²) in [7, 11) is 1.64. The van der Waals surface area contributed by atoms with E-state index in [-0.39, 0.29) is 11.9 Å². The fourth-order valence-electron chi connectivity index (χ4n) is 2.40. The minimum absolute atomic E-state index is 0.0720. The maximum Gasteiger partial charge on any atom is 0.242 e. The van der Waals surface area contributed by atoms with Crippen LogP contribution < -0.4 is 15.4 Å². The van der Waals surface area contributed by atoms with Gasteiger partial charge in [-0.05, 0) is 44.0 Å². The molecule has 4 nitrogen and oxygen atoms in total. The number of hydrogen-bond acceptors (Lipinski definition) is 3. The number of carbonyl (C=O) groups is 1. The molecule has 0 heterocycles. The van der Waals surface area contributed by atoms with Crippen LogP contribution in [0.25, 0.3) is 0 Å². The second-order valence-electron chi connectivity index (χ2n) is 5.08. The summed E-state index contributed by atoms with van der Waals surface area (Å²) in [4.78, 5) is 12.0. The molecule has 0 unspecified atom stereocenters. The van der Waals surface area contributed by atoms with E-state index in [4.69, 9.17) is 4.74 Å². The molecule has 0 bridgehead atoms. The van der Waals surface area contributed by atoms with E-state index >= 15 is 0 Å². The van der Waals surface area contributed by atoms with Crippen molar-refractivity contribution in [3.05, 3.63) is 24.3 Å². The number of ether oxygens (including phenoxy) is 1. The Kier molecular flexibility index (Phi) is 4.66. The van der Waals surface area contributed by atoms with Crippen LogP contribution in [-0.2, 0) is 4.79 Å². The molecule has 2 rings (SSSR count). The van der Waals surface area contributed by atoms with Gasteiger partial charge in [-0.25, -0.2) is 0 Å². The van der Waals surface area contributed by atoms with Crippen LogP contribution in [0.1, 0.15) is 32.6 Å². The highest BCUT2D eigenvalue weighted by molar-refractivity contribution is 5.84. The number of carbonyl (C=O) groups excluding carboxylic acids is 1. The first kappa shape index (κ1) is 13.7. The summed E-state index contributed by atoms with van der Waals surface area (Å²) in [5.41, 5.74) is 0.926. The Hall–Kier alpha value is -1.71. The van der Waals surface area contributed by atoms with E-state index in [1.54, 1.807) is 7.11 Å². The van der Waals surface area contributed by atoms with Crippen molar-refractivity contribution >= 4 is 11.6 Å². The van der Waals surface area contributed by atoms with Gasteiger partial charge < -0.3 is 15.4 Å². The molecule has 1 aliphatic carbocycles. The molecular formula is C15H22N2O2. The van der Waals surface area contributed by atoms with Crippen LogP contribution in [-0.4, -0.2) is 25.1 Å². The van der Waals surface area contributed by atoms with Crippen molar-refractivity contribution in [2.45, 2.75) is 44.7 Å². The van der Waals surface area contributed by atoms with Crippen LogP contribution in [0.5, 0.6) is 5.75 Å². The molecule has 0 aromatic heterocycles. The average molecular weight is 262 g/mol. The zero-order valence-electron chi connectivity index (χ0n) is 11.6. The van der Waals surface area contributed by atoms with Crippen LogP contribution >= 0.6 is 0 Å². The summed E-state index contributed by atoms with van der Waals surface area (Å²) in [5.74, 6) is 0.885. The van der Waals surface area contributed by atoms with Gasteiger partial charge in [0.05, 0.1) is 7.11 Å². The van der Waals surface area contributed by atoms with Crippen LogP contribution in [0, 0.1) is 0 Å². The van der Waals surface area contributed by atoms with Crippen molar-refractivity contribution in [1.82, 2.24) is 5.32 Å². The Balaban J connectivity index is 1.84. The minimum atomic E-state index is -0.228. The zero-order valence-corrected chi connectivity index (χ0v) is 11.6. The fraction of sp³-hybridized carbons (Fsp3) is 0.533. The van der Waals surface area contributed by atoms with Gasteiger partial charge in [-0.1, -0.05) is 12.8 Å². The van der Waals surface area contributed by atoms with E-state index in [1.807, 2.05) is 31.2 Å². The third-order valence-electron chi connectivity index (χ3n) is 3.57. The van der Waals surface area contributed by atoms with Gasteiger partial charge in [-0.2, -0.15) is 0 Å². The lowest BCUT2D eigenvalue weighted by Gasteiger charge is -2.18. The van der Waals surface area contributed by atoms with E-state index in [2.05, 4.69) is 10.6 Å². The maximum absolute atomic E-state index is 12.0. The van der Waals surface area contributed by atoms with Crippen molar-refractivity contribution < 1.29 is 9.53 Å². The first-order chi connectivity index (χ1) is 9.19. The lowest BCUT2D eigenvalue weighted by Crippen LogP contribution is -2.42. The minimum Gasteiger partial charge on any atom is -0.497 e. The van der Waals surface area contributed by atoms with Crippen LogP contribution in [0.15, 0.2) is 24.3 Å². The number of nitrogens with one attached hydrogen (secondary N) is 2. The summed E-state index contributed by atoms with van der Waals surface area (Å²) in [6.07, 6.45) is 4.68. The molecule has 1 atom stereocenters. The normalized spacial score (nSPS) is 16.9. The predicted octanol–water partition coefficient (Wildman–Crippen LogP) is 2.55. The van der Waals surface area contributed by atoms with E-state index in [0.717, 1.165) is 24.3 Å². The molecule has 0 spiro atoms. The summed E-state index contributed by atoms with van der Waals surface area (Å²) >= 11 is 0. The molecule has 4 heteroatoms. The Bertz CT molecular complexity index is 411. The molecule has 19 heavy (non-hydrogen) atoms. The molecular weight excluding hydrogens is 240 g/mol. The molecule has 0 aliphatic heterocycles. The highest BCUT2D eigenvalue weighted by Crippen LogP contribution is 2.18. The van der Waals surface area contributed by atoms with Gasteiger partial charge in [0.2, 0.25) is 5.91 Å². The van der Waals surface area contributed by atoms with E-state index < -0.39 is 0 Å². The number of methoxy groups -OCH3 is 1. The van der Waals surface area contributed by atoms with Gasteiger partial charge in [0, 0.05) is 11.7 Å². The molecule has 104 valence electrons. The molecule has 1 saturated carbocycles. The largest absolute Gasteiger partial charge is 0.497 e. The Labute approximate surface area is 114 Å². The topological polar surface area (TPSA) is 50.4 Å². The van der Waals surface area contributed by atoms with Crippen molar-refractivity contribution in [3.63, 3.8) is 0 Å². The summed E-state index contributed by atoms with van der Waals surface area (Å²) in [5, 5.41) is 6.29. The summed E-state index contributed by atoms with van der Waals surface area (Å²) in [6, 6.07) is 7.73. The molecule has 0 saturated heterocycles. The lowest BCUT2D eigenvalue weighted by molar-refractivity contribution is -0.122. The van der Waals surface area contributed by atoms with Crippen LogP contribution in [0.2, 0.25) is 0 Å². The fourth-order valence-corrected chi connectivity index (χ4v) is 2.40. The number of benzene rings is 1. The third-order valence-corrected chi connectivity index (χ3v) is 3.57. The van der Waals surface area contributed by atoms with E-state index in [9.17, 15) is 4.79 Å². The van der Waals surface area contributed by atoms with Crippen molar-refractivity contribution in [1.29, 1.82) is 0 Å². The van der Waals surface area contributed by atoms with Gasteiger partial charge in [0.25, 0.3) is 0 Å². The van der Waals surface area contributed by atoms with Crippen LogP contribution in [0.3, 0.4) is 0 Å². The van der Waals surface area contributed by atoms with Gasteiger partial charge in [0.15, 0.2) is 0 Å². The summed E-state index contributed by atoms with van der Waals surface area (Å²) < 4.78 is 5.10. The Morgan fingerprint density at radius 3 is 2.47 bits per heavy atom. The molecule has 1 amide bonds. The van der Waals surface area contributed by atoms with Crippen molar-refractivity contribution in [2.24, 2.45) is 0 Å². The highest BCUT2D eigenvalue weighted by atomic mass is 16.5. The van der Waals surface area contributed by atoms with Crippen LogP contribution in [0.4, 0.5) is 5.69 Å². The first-order valence-electron chi connectivity index (χ1n) is 6.90. The smallest absolute Gasteiger partial charge is 0.242 e. The quantitative estimate of drug-likeness (QED) is 0.857.